The van der Waals surface area contributed by atoms with Gasteiger partial charge >= 0.3 is 6.09 Å². The number of nitrogens with one attached hydrogen (secondary N) is 1. The molecule has 1 amide bonds. The standard InChI is InChI=1S/C16H24BrN3O2/c1-16(2,3)22-15(21)19-9-13-5-7-20(11-13)10-12-4-6-18-14(17)8-12/h4,6,8,13H,5,7,9-11H2,1-3H3,(H,19,21)/t13-/m0/s1. The van der Waals surface area contributed by atoms with Gasteiger partial charge < -0.3 is 10.1 Å². The first-order valence-electron chi connectivity index (χ1n) is 7.61. The lowest BCUT2D eigenvalue weighted by Gasteiger charge is -2.21. The van der Waals surface area contributed by atoms with Gasteiger partial charge in [-0.2, -0.15) is 0 Å². The molecule has 2 heterocycles. The molecule has 0 bridgehead atoms. The van der Waals surface area contributed by atoms with Gasteiger partial charge in [0.1, 0.15) is 10.2 Å². The van der Waals surface area contributed by atoms with Crippen LogP contribution in [0, 0.1) is 5.92 Å². The first kappa shape index (κ1) is 17.2. The summed E-state index contributed by atoms with van der Waals surface area (Å²) in [6.07, 6.45) is 2.59. The van der Waals surface area contributed by atoms with Crippen LogP contribution >= 0.6 is 15.9 Å². The van der Waals surface area contributed by atoms with Crippen molar-refractivity contribution in [1.29, 1.82) is 0 Å². The number of ether oxygens (including phenoxy) is 1. The van der Waals surface area contributed by atoms with Crippen molar-refractivity contribution >= 4 is 22.0 Å². The van der Waals surface area contributed by atoms with Gasteiger partial charge in [-0.1, -0.05) is 0 Å². The van der Waals surface area contributed by atoms with Crippen LogP contribution in [0.25, 0.3) is 0 Å². The van der Waals surface area contributed by atoms with E-state index < -0.39 is 5.60 Å². The van der Waals surface area contributed by atoms with Crippen LogP contribution in [-0.2, 0) is 11.3 Å². The molecule has 1 atom stereocenters. The Morgan fingerprint density at radius 3 is 3.00 bits per heavy atom. The highest BCUT2D eigenvalue weighted by atomic mass is 79.9. The molecule has 22 heavy (non-hydrogen) atoms. The molecule has 1 fully saturated rings. The largest absolute Gasteiger partial charge is 0.444 e. The van der Waals surface area contributed by atoms with Crippen LogP contribution in [0.1, 0.15) is 32.8 Å². The van der Waals surface area contributed by atoms with Crippen molar-refractivity contribution in [2.24, 2.45) is 5.92 Å². The van der Waals surface area contributed by atoms with Crippen LogP contribution in [0.2, 0.25) is 0 Å². The summed E-state index contributed by atoms with van der Waals surface area (Å²) in [5, 5.41) is 2.87. The third-order valence-corrected chi connectivity index (χ3v) is 3.93. The molecule has 1 aromatic heterocycles. The minimum Gasteiger partial charge on any atom is -0.444 e. The minimum absolute atomic E-state index is 0.330. The highest BCUT2D eigenvalue weighted by Gasteiger charge is 2.24. The molecule has 0 unspecified atom stereocenters. The summed E-state index contributed by atoms with van der Waals surface area (Å²) in [6.45, 7) is 9.26. The Kier molecular flexibility index (Phi) is 5.81. The maximum absolute atomic E-state index is 11.7. The molecule has 0 aliphatic carbocycles. The van der Waals surface area contributed by atoms with E-state index in [2.05, 4.69) is 31.1 Å². The van der Waals surface area contributed by atoms with E-state index in [0.717, 1.165) is 30.7 Å². The van der Waals surface area contributed by atoms with Crippen LogP contribution in [0.3, 0.4) is 0 Å². The second-order valence-electron chi connectivity index (χ2n) is 6.76. The summed E-state index contributed by atoms with van der Waals surface area (Å²) in [5.74, 6) is 0.484. The summed E-state index contributed by atoms with van der Waals surface area (Å²) in [5.41, 5.74) is 0.809. The fraction of sp³-hybridized carbons (Fsp3) is 0.625. The number of halogens is 1. The van der Waals surface area contributed by atoms with Crippen LogP contribution < -0.4 is 5.32 Å². The van der Waals surface area contributed by atoms with Gasteiger partial charge in [-0.3, -0.25) is 4.90 Å². The number of aromatic nitrogens is 1. The SMILES string of the molecule is CC(C)(C)OC(=O)NC[C@@H]1CCN(Cc2ccnc(Br)c2)C1. The average Bonchev–Trinajstić information content (AvgIpc) is 2.82. The number of carbonyl (C=O) groups excluding carboxylic acids is 1. The van der Waals surface area contributed by atoms with Crippen molar-refractivity contribution in [3.63, 3.8) is 0 Å². The summed E-state index contributed by atoms with van der Waals surface area (Å²) < 4.78 is 6.13. The van der Waals surface area contributed by atoms with Crippen molar-refractivity contribution < 1.29 is 9.53 Å². The summed E-state index contributed by atoms with van der Waals surface area (Å²) >= 11 is 3.40. The Morgan fingerprint density at radius 1 is 1.55 bits per heavy atom. The lowest BCUT2D eigenvalue weighted by Crippen LogP contribution is -2.35. The van der Waals surface area contributed by atoms with Gasteiger partial charge in [-0.05, 0) is 73.3 Å². The minimum atomic E-state index is -0.444. The second-order valence-corrected chi connectivity index (χ2v) is 7.57. The molecule has 0 aromatic carbocycles. The number of rotatable bonds is 4. The zero-order valence-electron chi connectivity index (χ0n) is 13.4. The van der Waals surface area contributed by atoms with Gasteiger partial charge in [0, 0.05) is 25.8 Å². The summed E-state index contributed by atoms with van der Waals surface area (Å²) in [7, 11) is 0. The third-order valence-electron chi connectivity index (χ3n) is 3.50. The number of nitrogens with zero attached hydrogens (tertiary/aromatic N) is 2. The molecule has 1 aliphatic heterocycles. The number of hydrogen-bond donors (Lipinski definition) is 1. The van der Waals surface area contributed by atoms with E-state index in [1.165, 1.54) is 5.56 Å². The number of likely N-dealkylation sites (tertiary alicyclic amines) is 1. The second kappa shape index (κ2) is 7.42. The molecule has 122 valence electrons. The van der Waals surface area contributed by atoms with Crippen LogP contribution in [0.5, 0.6) is 0 Å². The molecule has 1 aliphatic rings. The van der Waals surface area contributed by atoms with Gasteiger partial charge in [0.05, 0.1) is 0 Å². The Labute approximate surface area is 140 Å². The van der Waals surface area contributed by atoms with Crippen molar-refractivity contribution in [3.05, 3.63) is 28.5 Å². The molecule has 1 saturated heterocycles. The number of amides is 1. The zero-order chi connectivity index (χ0) is 16.2. The normalized spacial score (nSPS) is 19.2. The number of alkyl carbamates (subject to hydrolysis) is 1. The first-order chi connectivity index (χ1) is 10.3. The quantitative estimate of drug-likeness (QED) is 0.828. The highest BCUT2D eigenvalue weighted by Crippen LogP contribution is 2.19. The smallest absolute Gasteiger partial charge is 0.407 e. The van der Waals surface area contributed by atoms with Crippen molar-refractivity contribution in [2.75, 3.05) is 19.6 Å². The van der Waals surface area contributed by atoms with Gasteiger partial charge in [0.15, 0.2) is 0 Å². The third kappa shape index (κ3) is 5.93. The topological polar surface area (TPSA) is 54.5 Å². The first-order valence-corrected chi connectivity index (χ1v) is 8.41. The molecule has 0 radical (unpaired) electrons. The molecule has 1 aromatic rings. The van der Waals surface area contributed by atoms with E-state index in [9.17, 15) is 4.79 Å². The van der Waals surface area contributed by atoms with Crippen molar-refractivity contribution in [3.8, 4) is 0 Å². The molecule has 0 spiro atoms. The lowest BCUT2D eigenvalue weighted by atomic mass is 10.1. The van der Waals surface area contributed by atoms with Crippen molar-refractivity contribution in [1.82, 2.24) is 15.2 Å². The molecule has 1 N–H and O–H groups in total. The highest BCUT2D eigenvalue weighted by molar-refractivity contribution is 9.10. The Hall–Kier alpha value is -1.14. The van der Waals surface area contributed by atoms with E-state index in [-0.39, 0.29) is 6.09 Å². The van der Waals surface area contributed by atoms with Gasteiger partial charge in [0.25, 0.3) is 0 Å². The maximum atomic E-state index is 11.7. The van der Waals surface area contributed by atoms with E-state index >= 15 is 0 Å². The summed E-state index contributed by atoms with van der Waals surface area (Å²) in [6, 6.07) is 4.09. The number of carbonyl (C=O) groups is 1. The molecule has 5 nitrogen and oxygen atoms in total. The predicted molar refractivity (Wildman–Crippen MR) is 89.6 cm³/mol. The lowest BCUT2D eigenvalue weighted by molar-refractivity contribution is 0.0519. The van der Waals surface area contributed by atoms with Crippen LogP contribution in [0.4, 0.5) is 4.79 Å². The number of hydrogen-bond acceptors (Lipinski definition) is 4. The Bertz CT molecular complexity index is 516. The van der Waals surface area contributed by atoms with E-state index in [4.69, 9.17) is 4.74 Å². The van der Waals surface area contributed by atoms with Gasteiger partial charge in [-0.15, -0.1) is 0 Å². The molecule has 2 rings (SSSR count). The number of pyridine rings is 1. The molecular formula is C16H24BrN3O2. The molecular weight excluding hydrogens is 346 g/mol. The van der Waals surface area contributed by atoms with E-state index in [1.54, 1.807) is 0 Å². The predicted octanol–water partition coefficient (Wildman–Crippen LogP) is 3.19. The van der Waals surface area contributed by atoms with E-state index in [1.807, 2.05) is 39.1 Å². The fourth-order valence-corrected chi connectivity index (χ4v) is 2.98. The van der Waals surface area contributed by atoms with Gasteiger partial charge in [0.2, 0.25) is 0 Å². The molecule has 6 heteroatoms. The Morgan fingerprint density at radius 2 is 2.32 bits per heavy atom. The van der Waals surface area contributed by atoms with E-state index in [0.29, 0.717) is 12.5 Å². The summed E-state index contributed by atoms with van der Waals surface area (Å²) in [4.78, 5) is 18.2. The monoisotopic (exact) mass is 369 g/mol. The van der Waals surface area contributed by atoms with Gasteiger partial charge in [-0.25, -0.2) is 9.78 Å². The maximum Gasteiger partial charge on any atom is 0.407 e. The average molecular weight is 370 g/mol. The Balaban J connectivity index is 1.73. The van der Waals surface area contributed by atoms with Crippen molar-refractivity contribution in [2.45, 2.75) is 39.3 Å². The molecule has 0 saturated carbocycles. The zero-order valence-corrected chi connectivity index (χ0v) is 15.0. The van der Waals surface area contributed by atoms with Crippen LogP contribution in [-0.4, -0.2) is 41.2 Å². The van der Waals surface area contributed by atoms with Crippen LogP contribution in [0.15, 0.2) is 22.9 Å². The fourth-order valence-electron chi connectivity index (χ4n) is 2.56.